The van der Waals surface area contributed by atoms with Crippen LogP contribution in [-0.2, 0) is 11.2 Å². The van der Waals surface area contributed by atoms with Crippen molar-refractivity contribution >= 4 is 0 Å². The van der Waals surface area contributed by atoms with Gasteiger partial charge in [0.05, 0.1) is 6.61 Å². The Bertz CT molecular complexity index is 399. The fourth-order valence-corrected chi connectivity index (χ4v) is 2.08. The van der Waals surface area contributed by atoms with Gasteiger partial charge in [0.25, 0.3) is 0 Å². The summed E-state index contributed by atoms with van der Waals surface area (Å²) in [4.78, 5) is 0. The molecule has 0 spiro atoms. The van der Waals surface area contributed by atoms with Crippen LogP contribution in [-0.4, -0.2) is 18.8 Å². The third-order valence-corrected chi connectivity index (χ3v) is 3.09. The van der Waals surface area contributed by atoms with E-state index in [9.17, 15) is 4.39 Å². The Labute approximate surface area is 88.0 Å². The van der Waals surface area contributed by atoms with Gasteiger partial charge in [-0.1, -0.05) is 0 Å². The molecule has 1 fully saturated rings. The van der Waals surface area contributed by atoms with Crippen LogP contribution in [0.2, 0.25) is 0 Å². The van der Waals surface area contributed by atoms with Gasteiger partial charge in [-0.05, 0) is 37.0 Å². The standard InChI is InChI=1S/C12H13FO2/c1-7-4-8-2-3-10(12-6-14-12)15-11(8)5-9(7)13/h4-5,10,12H,2-3,6H2,1H3/t10-,12-/m0/s1. The van der Waals surface area contributed by atoms with E-state index in [-0.39, 0.29) is 18.0 Å². The number of aryl methyl sites for hydroxylation is 2. The van der Waals surface area contributed by atoms with Crippen molar-refractivity contribution in [3.05, 3.63) is 29.1 Å². The number of fused-ring (bicyclic) bond motifs is 1. The summed E-state index contributed by atoms with van der Waals surface area (Å²) in [6.45, 7) is 2.57. The molecule has 1 aromatic rings. The van der Waals surface area contributed by atoms with Gasteiger partial charge in [-0.2, -0.15) is 0 Å². The average molecular weight is 208 g/mol. The van der Waals surface area contributed by atoms with Gasteiger partial charge in [-0.25, -0.2) is 4.39 Å². The molecule has 1 aromatic carbocycles. The fourth-order valence-electron chi connectivity index (χ4n) is 2.08. The first-order chi connectivity index (χ1) is 7.24. The Kier molecular flexibility index (Phi) is 1.96. The van der Waals surface area contributed by atoms with Gasteiger partial charge >= 0.3 is 0 Å². The van der Waals surface area contributed by atoms with E-state index in [0.717, 1.165) is 25.0 Å². The van der Waals surface area contributed by atoms with Crippen LogP contribution in [0.1, 0.15) is 17.5 Å². The van der Waals surface area contributed by atoms with Gasteiger partial charge < -0.3 is 9.47 Å². The lowest BCUT2D eigenvalue weighted by atomic mass is 9.99. The van der Waals surface area contributed by atoms with Crippen LogP contribution in [0.15, 0.2) is 12.1 Å². The molecule has 3 heteroatoms. The molecule has 2 nitrogen and oxygen atoms in total. The highest BCUT2D eigenvalue weighted by molar-refractivity contribution is 5.39. The normalized spacial score (nSPS) is 28.1. The van der Waals surface area contributed by atoms with Crippen molar-refractivity contribution < 1.29 is 13.9 Å². The van der Waals surface area contributed by atoms with Crippen molar-refractivity contribution in [1.82, 2.24) is 0 Å². The Morgan fingerprint density at radius 2 is 2.13 bits per heavy atom. The Balaban J connectivity index is 1.91. The minimum absolute atomic E-state index is 0.125. The number of hydrogen-bond acceptors (Lipinski definition) is 2. The summed E-state index contributed by atoms with van der Waals surface area (Å²) in [5.41, 5.74) is 1.81. The summed E-state index contributed by atoms with van der Waals surface area (Å²) < 4.78 is 24.3. The monoisotopic (exact) mass is 208 g/mol. The summed E-state index contributed by atoms with van der Waals surface area (Å²) in [6.07, 6.45) is 2.30. The fraction of sp³-hybridized carbons (Fsp3) is 0.500. The zero-order valence-electron chi connectivity index (χ0n) is 8.63. The molecule has 0 saturated carbocycles. The second kappa shape index (κ2) is 3.20. The zero-order valence-corrected chi connectivity index (χ0v) is 8.63. The molecule has 15 heavy (non-hydrogen) atoms. The van der Waals surface area contributed by atoms with E-state index in [2.05, 4.69) is 0 Å². The first-order valence-electron chi connectivity index (χ1n) is 5.31. The van der Waals surface area contributed by atoms with Crippen molar-refractivity contribution in [3.8, 4) is 5.75 Å². The second-order valence-corrected chi connectivity index (χ2v) is 4.28. The third kappa shape index (κ3) is 1.61. The number of rotatable bonds is 1. The van der Waals surface area contributed by atoms with Gasteiger partial charge in [0, 0.05) is 6.07 Å². The predicted molar refractivity (Wildman–Crippen MR) is 53.6 cm³/mol. The number of hydrogen-bond donors (Lipinski definition) is 0. The lowest BCUT2D eigenvalue weighted by Gasteiger charge is -2.25. The van der Waals surface area contributed by atoms with E-state index < -0.39 is 0 Å². The maximum absolute atomic E-state index is 13.3. The molecule has 0 N–H and O–H groups in total. The maximum Gasteiger partial charge on any atom is 0.129 e. The molecule has 0 bridgehead atoms. The summed E-state index contributed by atoms with van der Waals surface area (Å²) >= 11 is 0. The Morgan fingerprint density at radius 3 is 2.87 bits per heavy atom. The molecular formula is C12H13FO2. The molecule has 80 valence electrons. The van der Waals surface area contributed by atoms with Gasteiger partial charge in [0.1, 0.15) is 23.8 Å². The Morgan fingerprint density at radius 1 is 1.33 bits per heavy atom. The number of ether oxygens (including phenoxy) is 2. The van der Waals surface area contributed by atoms with Crippen LogP contribution in [0.3, 0.4) is 0 Å². The minimum Gasteiger partial charge on any atom is -0.487 e. The second-order valence-electron chi connectivity index (χ2n) is 4.28. The van der Waals surface area contributed by atoms with Gasteiger partial charge in [0.2, 0.25) is 0 Å². The zero-order chi connectivity index (χ0) is 10.4. The highest BCUT2D eigenvalue weighted by Crippen LogP contribution is 2.33. The van der Waals surface area contributed by atoms with Crippen molar-refractivity contribution in [2.45, 2.75) is 32.0 Å². The van der Waals surface area contributed by atoms with Crippen molar-refractivity contribution in [2.75, 3.05) is 6.61 Å². The van der Waals surface area contributed by atoms with Crippen LogP contribution in [0.4, 0.5) is 4.39 Å². The molecular weight excluding hydrogens is 195 g/mol. The predicted octanol–water partition coefficient (Wildman–Crippen LogP) is 2.23. The van der Waals surface area contributed by atoms with E-state index in [4.69, 9.17) is 9.47 Å². The topological polar surface area (TPSA) is 21.8 Å². The van der Waals surface area contributed by atoms with E-state index in [1.165, 1.54) is 6.07 Å². The summed E-state index contributed by atoms with van der Waals surface area (Å²) in [6, 6.07) is 3.38. The molecule has 0 radical (unpaired) electrons. The summed E-state index contributed by atoms with van der Waals surface area (Å²) in [5, 5.41) is 0. The van der Waals surface area contributed by atoms with Crippen LogP contribution in [0.25, 0.3) is 0 Å². The molecule has 2 aliphatic heterocycles. The number of epoxide rings is 1. The van der Waals surface area contributed by atoms with Crippen LogP contribution >= 0.6 is 0 Å². The highest BCUT2D eigenvalue weighted by Gasteiger charge is 2.36. The molecule has 1 saturated heterocycles. The third-order valence-electron chi connectivity index (χ3n) is 3.09. The van der Waals surface area contributed by atoms with Gasteiger partial charge in [0.15, 0.2) is 0 Å². The minimum atomic E-state index is -0.189. The van der Waals surface area contributed by atoms with Gasteiger partial charge in [-0.3, -0.25) is 0 Å². The molecule has 0 amide bonds. The largest absolute Gasteiger partial charge is 0.487 e. The van der Waals surface area contributed by atoms with Gasteiger partial charge in [-0.15, -0.1) is 0 Å². The lowest BCUT2D eigenvalue weighted by Crippen LogP contribution is -2.28. The van der Waals surface area contributed by atoms with E-state index in [1.807, 2.05) is 6.07 Å². The molecule has 2 heterocycles. The molecule has 0 unspecified atom stereocenters. The molecule has 0 aromatic heterocycles. The van der Waals surface area contributed by atoms with Crippen molar-refractivity contribution in [2.24, 2.45) is 0 Å². The smallest absolute Gasteiger partial charge is 0.129 e. The summed E-state index contributed by atoms with van der Waals surface area (Å²) in [7, 11) is 0. The maximum atomic E-state index is 13.3. The SMILES string of the molecule is Cc1cc2c(cc1F)O[C@H]([C@@H]1CO1)CC2. The first kappa shape index (κ1) is 9.16. The summed E-state index contributed by atoms with van der Waals surface area (Å²) in [5.74, 6) is 0.510. The van der Waals surface area contributed by atoms with Crippen LogP contribution in [0, 0.1) is 12.7 Å². The highest BCUT2D eigenvalue weighted by atomic mass is 19.1. The van der Waals surface area contributed by atoms with Crippen LogP contribution < -0.4 is 4.74 Å². The molecule has 2 atom stereocenters. The van der Waals surface area contributed by atoms with Crippen molar-refractivity contribution in [3.63, 3.8) is 0 Å². The number of halogens is 1. The Hall–Kier alpha value is -1.09. The first-order valence-corrected chi connectivity index (χ1v) is 5.31. The lowest BCUT2D eigenvalue weighted by molar-refractivity contribution is 0.135. The van der Waals surface area contributed by atoms with Crippen LogP contribution in [0.5, 0.6) is 5.75 Å². The van der Waals surface area contributed by atoms with Crippen molar-refractivity contribution in [1.29, 1.82) is 0 Å². The van der Waals surface area contributed by atoms with E-state index in [1.54, 1.807) is 6.92 Å². The number of benzene rings is 1. The average Bonchev–Trinajstić information content (AvgIpc) is 3.02. The molecule has 3 rings (SSSR count). The molecule has 2 aliphatic rings. The molecule has 0 aliphatic carbocycles. The van der Waals surface area contributed by atoms with E-state index >= 15 is 0 Å². The quantitative estimate of drug-likeness (QED) is 0.660. The van der Waals surface area contributed by atoms with E-state index in [0.29, 0.717) is 11.3 Å².